The Morgan fingerprint density at radius 3 is 2.64 bits per heavy atom. The van der Waals surface area contributed by atoms with E-state index in [2.05, 4.69) is 54.9 Å². The van der Waals surface area contributed by atoms with Crippen molar-refractivity contribution in [2.24, 2.45) is 0 Å². The molecule has 0 aliphatic heterocycles. The van der Waals surface area contributed by atoms with Gasteiger partial charge in [0.2, 0.25) is 0 Å². The van der Waals surface area contributed by atoms with Crippen LogP contribution in [0.15, 0.2) is 40.9 Å². The number of hydrogen-bond acceptors (Lipinski definition) is 3. The lowest BCUT2D eigenvalue weighted by Crippen LogP contribution is -2.05. The van der Waals surface area contributed by atoms with Gasteiger partial charge in [0.05, 0.1) is 11.1 Å². The Kier molecular flexibility index (Phi) is 5.82. The fourth-order valence-electron chi connectivity index (χ4n) is 2.95. The molecule has 3 rings (SSSR count). The van der Waals surface area contributed by atoms with Gasteiger partial charge in [-0.1, -0.05) is 31.5 Å². The third-order valence-corrected chi connectivity index (χ3v) is 6.35. The SMILES string of the molecule is CCCCOc1c(Br)cc(C(O)c2cc3ccccc3s2)c(C)c1C. The number of ether oxygens (including phenoxy) is 1. The molecule has 1 N–H and O–H groups in total. The molecule has 0 amide bonds. The van der Waals surface area contributed by atoms with Gasteiger partial charge >= 0.3 is 0 Å². The fraction of sp³-hybridized carbons (Fsp3) is 0.333. The van der Waals surface area contributed by atoms with Crippen molar-refractivity contribution in [1.29, 1.82) is 0 Å². The molecule has 1 heterocycles. The number of hydrogen-bond donors (Lipinski definition) is 1. The van der Waals surface area contributed by atoms with Crippen LogP contribution in [0.25, 0.3) is 10.1 Å². The van der Waals surface area contributed by atoms with Gasteiger partial charge in [0.1, 0.15) is 11.9 Å². The predicted octanol–water partition coefficient (Wildman–Crippen LogP) is 6.54. The molecule has 3 aromatic rings. The normalized spacial score (nSPS) is 12.5. The smallest absolute Gasteiger partial charge is 0.136 e. The highest BCUT2D eigenvalue weighted by Gasteiger charge is 2.20. The van der Waals surface area contributed by atoms with E-state index in [-0.39, 0.29) is 0 Å². The second-order valence-corrected chi connectivity index (χ2v) is 8.29. The van der Waals surface area contributed by atoms with Crippen molar-refractivity contribution < 1.29 is 9.84 Å². The zero-order valence-electron chi connectivity index (χ0n) is 14.8. The van der Waals surface area contributed by atoms with Crippen molar-refractivity contribution in [2.45, 2.75) is 39.7 Å². The maximum absolute atomic E-state index is 11.0. The first-order valence-electron chi connectivity index (χ1n) is 8.61. The minimum Gasteiger partial charge on any atom is -0.492 e. The number of thiophene rings is 1. The van der Waals surface area contributed by atoms with E-state index in [9.17, 15) is 5.11 Å². The minimum absolute atomic E-state index is 0.628. The van der Waals surface area contributed by atoms with E-state index in [1.165, 1.54) is 10.1 Å². The fourth-order valence-corrected chi connectivity index (χ4v) is 4.67. The highest BCUT2D eigenvalue weighted by atomic mass is 79.9. The molecular formula is C21H23BrO2S. The summed E-state index contributed by atoms with van der Waals surface area (Å²) in [6.07, 6.45) is 1.52. The van der Waals surface area contributed by atoms with Crippen LogP contribution in [0.3, 0.4) is 0 Å². The van der Waals surface area contributed by atoms with Crippen LogP contribution in [-0.4, -0.2) is 11.7 Å². The summed E-state index contributed by atoms with van der Waals surface area (Å²) in [6, 6.07) is 12.3. The molecule has 1 aromatic heterocycles. The van der Waals surface area contributed by atoms with Crippen LogP contribution in [0.5, 0.6) is 5.75 Å². The average molecular weight is 419 g/mol. The Hall–Kier alpha value is -1.36. The van der Waals surface area contributed by atoms with E-state index in [0.29, 0.717) is 6.61 Å². The first-order chi connectivity index (χ1) is 12.0. The van der Waals surface area contributed by atoms with Gasteiger partial charge in [-0.2, -0.15) is 0 Å². The number of aliphatic hydroxyl groups excluding tert-OH is 1. The van der Waals surface area contributed by atoms with Crippen molar-refractivity contribution in [2.75, 3.05) is 6.61 Å². The molecule has 0 fully saturated rings. The van der Waals surface area contributed by atoms with Crippen molar-refractivity contribution in [3.63, 3.8) is 0 Å². The van der Waals surface area contributed by atoms with Gasteiger partial charge in [-0.05, 0) is 76.5 Å². The molecule has 0 aliphatic rings. The monoisotopic (exact) mass is 418 g/mol. The summed E-state index contributed by atoms with van der Waals surface area (Å²) in [4.78, 5) is 0.968. The number of benzene rings is 2. The molecule has 1 atom stereocenters. The molecule has 2 aromatic carbocycles. The molecule has 0 saturated heterocycles. The van der Waals surface area contributed by atoms with Crippen LogP contribution in [0, 0.1) is 13.8 Å². The maximum Gasteiger partial charge on any atom is 0.136 e. The highest BCUT2D eigenvalue weighted by molar-refractivity contribution is 9.10. The molecule has 0 aliphatic carbocycles. The lowest BCUT2D eigenvalue weighted by Gasteiger charge is -2.19. The number of rotatable bonds is 6. The number of unbranched alkanes of at least 4 members (excludes halogenated alkanes) is 1. The van der Waals surface area contributed by atoms with Crippen LogP contribution in [0.2, 0.25) is 0 Å². The van der Waals surface area contributed by atoms with Gasteiger partial charge in [-0.3, -0.25) is 0 Å². The van der Waals surface area contributed by atoms with Gasteiger partial charge in [-0.15, -0.1) is 11.3 Å². The molecule has 0 bridgehead atoms. The third-order valence-electron chi connectivity index (χ3n) is 4.59. The zero-order valence-corrected chi connectivity index (χ0v) is 17.2. The first kappa shape index (κ1) is 18.4. The van der Waals surface area contributed by atoms with Gasteiger partial charge in [-0.25, -0.2) is 0 Å². The Morgan fingerprint density at radius 1 is 1.16 bits per heavy atom. The molecule has 2 nitrogen and oxygen atoms in total. The van der Waals surface area contributed by atoms with Gasteiger partial charge in [0, 0.05) is 9.58 Å². The van der Waals surface area contributed by atoms with E-state index in [4.69, 9.17) is 4.74 Å². The molecule has 132 valence electrons. The van der Waals surface area contributed by atoms with E-state index in [1.807, 2.05) is 18.2 Å². The number of aliphatic hydroxyl groups is 1. The minimum atomic E-state index is -0.628. The second-order valence-electron chi connectivity index (χ2n) is 6.32. The zero-order chi connectivity index (χ0) is 18.0. The van der Waals surface area contributed by atoms with Crippen LogP contribution in [0.4, 0.5) is 0 Å². The number of fused-ring (bicyclic) bond motifs is 1. The van der Waals surface area contributed by atoms with Crippen molar-refractivity contribution >= 4 is 37.4 Å². The summed E-state index contributed by atoms with van der Waals surface area (Å²) in [5.41, 5.74) is 3.10. The summed E-state index contributed by atoms with van der Waals surface area (Å²) >= 11 is 5.27. The van der Waals surface area contributed by atoms with E-state index >= 15 is 0 Å². The van der Waals surface area contributed by atoms with Crippen LogP contribution in [0.1, 0.15) is 47.4 Å². The highest BCUT2D eigenvalue weighted by Crippen LogP contribution is 2.40. The summed E-state index contributed by atoms with van der Waals surface area (Å²) in [5, 5.41) is 12.2. The van der Waals surface area contributed by atoms with Gasteiger partial charge in [0.25, 0.3) is 0 Å². The largest absolute Gasteiger partial charge is 0.492 e. The topological polar surface area (TPSA) is 29.5 Å². The second kappa shape index (κ2) is 7.90. The first-order valence-corrected chi connectivity index (χ1v) is 10.2. The standard InChI is InChI=1S/C21H23BrO2S/c1-4-5-10-24-21-14(3)13(2)16(12-17(21)22)20(23)19-11-15-8-6-7-9-18(15)25-19/h6-9,11-12,20,23H,4-5,10H2,1-3H3. The quantitative estimate of drug-likeness (QED) is 0.460. The summed E-state index contributed by atoms with van der Waals surface area (Å²) in [5.74, 6) is 0.887. The maximum atomic E-state index is 11.0. The molecule has 25 heavy (non-hydrogen) atoms. The predicted molar refractivity (Wildman–Crippen MR) is 110 cm³/mol. The molecule has 4 heteroatoms. The molecular weight excluding hydrogens is 396 g/mol. The molecule has 0 spiro atoms. The Bertz CT molecular complexity index is 852. The van der Waals surface area contributed by atoms with Gasteiger partial charge < -0.3 is 9.84 Å². The van der Waals surface area contributed by atoms with Crippen molar-refractivity contribution in [1.82, 2.24) is 0 Å². The molecule has 0 saturated carbocycles. The van der Waals surface area contributed by atoms with E-state index < -0.39 is 6.10 Å². The van der Waals surface area contributed by atoms with Crippen LogP contribution in [-0.2, 0) is 0 Å². The van der Waals surface area contributed by atoms with Crippen molar-refractivity contribution in [3.8, 4) is 5.75 Å². The van der Waals surface area contributed by atoms with Crippen LogP contribution >= 0.6 is 27.3 Å². The van der Waals surface area contributed by atoms with E-state index in [0.717, 1.165) is 44.6 Å². The molecule has 0 radical (unpaired) electrons. The Balaban J connectivity index is 1.96. The Morgan fingerprint density at radius 2 is 1.92 bits per heavy atom. The van der Waals surface area contributed by atoms with Crippen LogP contribution < -0.4 is 4.74 Å². The summed E-state index contributed by atoms with van der Waals surface area (Å²) < 4.78 is 8.05. The van der Waals surface area contributed by atoms with Crippen molar-refractivity contribution in [3.05, 3.63) is 62.4 Å². The lowest BCUT2D eigenvalue weighted by atomic mass is 9.97. The summed E-state index contributed by atoms with van der Waals surface area (Å²) in [6.45, 7) is 6.98. The average Bonchev–Trinajstić information content (AvgIpc) is 3.04. The lowest BCUT2D eigenvalue weighted by molar-refractivity contribution is 0.223. The van der Waals surface area contributed by atoms with E-state index in [1.54, 1.807) is 11.3 Å². The summed E-state index contributed by atoms with van der Waals surface area (Å²) in [7, 11) is 0. The molecule has 1 unspecified atom stereocenters. The number of halogens is 1. The third kappa shape index (κ3) is 3.76. The Labute approximate surface area is 161 Å². The van der Waals surface area contributed by atoms with Gasteiger partial charge in [0.15, 0.2) is 0 Å².